The molecule has 4 atom stereocenters. The Bertz CT molecular complexity index is 666. The normalized spacial score (nSPS) is 27.4. The van der Waals surface area contributed by atoms with Crippen LogP contribution in [0.4, 0.5) is 0 Å². The molecule has 2 bridgehead atoms. The summed E-state index contributed by atoms with van der Waals surface area (Å²) in [5, 5.41) is 16.0. The summed E-state index contributed by atoms with van der Waals surface area (Å²) < 4.78 is 5.87. The number of rotatable bonds is 6. The van der Waals surface area contributed by atoms with Gasteiger partial charge in [0.15, 0.2) is 0 Å². The molecule has 2 aliphatic carbocycles. The van der Waals surface area contributed by atoms with E-state index in [0.717, 1.165) is 23.0 Å². The lowest BCUT2D eigenvalue weighted by atomic mass is 9.95. The maximum absolute atomic E-state index is 10.2. The van der Waals surface area contributed by atoms with Crippen LogP contribution >= 0.6 is 0 Å². The predicted molar refractivity (Wildman–Crippen MR) is 92.7 cm³/mol. The fraction of sp³-hybridized carbons (Fsp3) is 0.500. The minimum absolute atomic E-state index is 0.335. The third-order valence-corrected chi connectivity index (χ3v) is 5.53. The third kappa shape index (κ3) is 3.22. The van der Waals surface area contributed by atoms with Gasteiger partial charge in [-0.3, -0.25) is 0 Å². The first-order valence-corrected chi connectivity index (χ1v) is 8.81. The molecule has 0 aromatic heterocycles. The van der Waals surface area contributed by atoms with Crippen molar-refractivity contribution in [2.75, 3.05) is 13.2 Å². The monoisotopic (exact) mass is 311 g/mol. The van der Waals surface area contributed by atoms with Crippen molar-refractivity contribution in [3.05, 3.63) is 42.5 Å². The van der Waals surface area contributed by atoms with E-state index in [2.05, 4.69) is 23.5 Å². The van der Waals surface area contributed by atoms with Crippen molar-refractivity contribution >= 4 is 10.8 Å². The Morgan fingerprint density at radius 1 is 1.09 bits per heavy atom. The van der Waals surface area contributed by atoms with Crippen LogP contribution in [-0.2, 0) is 0 Å². The van der Waals surface area contributed by atoms with Crippen LogP contribution in [0.5, 0.6) is 5.75 Å². The minimum atomic E-state index is -0.465. The lowest BCUT2D eigenvalue weighted by Crippen LogP contribution is -2.40. The van der Waals surface area contributed by atoms with E-state index >= 15 is 0 Å². The maximum atomic E-state index is 10.2. The Morgan fingerprint density at radius 3 is 2.78 bits per heavy atom. The first-order chi connectivity index (χ1) is 11.3. The molecule has 0 saturated heterocycles. The summed E-state index contributed by atoms with van der Waals surface area (Å²) in [6, 6.07) is 14.8. The number of ether oxygens (including phenoxy) is 1. The Kier molecular flexibility index (Phi) is 4.23. The number of hydrogen-bond acceptors (Lipinski definition) is 3. The van der Waals surface area contributed by atoms with Gasteiger partial charge in [-0.1, -0.05) is 42.8 Å². The van der Waals surface area contributed by atoms with E-state index in [-0.39, 0.29) is 0 Å². The topological polar surface area (TPSA) is 41.5 Å². The maximum Gasteiger partial charge on any atom is 0.127 e. The first kappa shape index (κ1) is 15.0. The molecule has 23 heavy (non-hydrogen) atoms. The lowest BCUT2D eigenvalue weighted by Gasteiger charge is -2.24. The SMILES string of the molecule is O[C@@H](CN[C@@H]1C[C@@H]2CC[C@@H]1C2)COc1cccc2ccccc12. The lowest BCUT2D eigenvalue weighted by molar-refractivity contribution is 0.102. The molecule has 0 spiro atoms. The van der Waals surface area contributed by atoms with Gasteiger partial charge in [-0.15, -0.1) is 0 Å². The standard InChI is InChI=1S/C20H25NO2/c22-17(12-21-19-11-14-8-9-16(19)10-14)13-23-20-7-3-5-15-4-1-2-6-18(15)20/h1-7,14,16-17,19,21-22H,8-13H2/t14-,16-,17+,19-/m1/s1. The van der Waals surface area contributed by atoms with E-state index in [4.69, 9.17) is 4.74 Å². The summed E-state index contributed by atoms with van der Waals surface area (Å²) in [5.74, 6) is 2.62. The number of fused-ring (bicyclic) bond motifs is 3. The van der Waals surface area contributed by atoms with Crippen molar-refractivity contribution in [1.29, 1.82) is 0 Å². The summed E-state index contributed by atoms with van der Waals surface area (Å²) in [7, 11) is 0. The fourth-order valence-corrected chi connectivity index (χ4v) is 4.35. The highest BCUT2D eigenvalue weighted by molar-refractivity contribution is 5.88. The average molecular weight is 311 g/mol. The van der Waals surface area contributed by atoms with E-state index in [9.17, 15) is 5.11 Å². The molecule has 0 amide bonds. The summed E-state index contributed by atoms with van der Waals surface area (Å²) in [5.41, 5.74) is 0. The van der Waals surface area contributed by atoms with E-state index in [1.807, 2.05) is 24.3 Å². The van der Waals surface area contributed by atoms with Crippen molar-refractivity contribution in [3.8, 4) is 5.75 Å². The van der Waals surface area contributed by atoms with Crippen molar-refractivity contribution < 1.29 is 9.84 Å². The summed E-state index contributed by atoms with van der Waals surface area (Å²) in [6.07, 6.45) is 5.00. The number of aliphatic hydroxyl groups is 1. The zero-order chi connectivity index (χ0) is 15.6. The second-order valence-corrected chi connectivity index (χ2v) is 7.13. The Morgan fingerprint density at radius 2 is 1.96 bits per heavy atom. The third-order valence-electron chi connectivity index (χ3n) is 5.53. The largest absolute Gasteiger partial charge is 0.490 e. The molecule has 2 aromatic rings. The summed E-state index contributed by atoms with van der Waals surface area (Å²) in [6.45, 7) is 0.959. The highest BCUT2D eigenvalue weighted by atomic mass is 16.5. The van der Waals surface area contributed by atoms with E-state index in [0.29, 0.717) is 19.2 Å². The quantitative estimate of drug-likeness (QED) is 0.859. The van der Waals surface area contributed by atoms with Crippen LogP contribution in [0.1, 0.15) is 25.7 Å². The Balaban J connectivity index is 1.30. The highest BCUT2D eigenvalue weighted by Gasteiger charge is 2.39. The predicted octanol–water partition coefficient (Wildman–Crippen LogP) is 3.36. The molecular weight excluding hydrogens is 286 g/mol. The van der Waals surface area contributed by atoms with Gasteiger partial charge in [0.05, 0.1) is 0 Å². The number of aliphatic hydroxyl groups excluding tert-OH is 1. The smallest absolute Gasteiger partial charge is 0.127 e. The van der Waals surface area contributed by atoms with Gasteiger partial charge in [0.25, 0.3) is 0 Å². The zero-order valence-corrected chi connectivity index (χ0v) is 13.4. The van der Waals surface area contributed by atoms with Gasteiger partial charge in [-0.2, -0.15) is 0 Å². The minimum Gasteiger partial charge on any atom is -0.490 e. The molecule has 2 N–H and O–H groups in total. The molecule has 0 unspecified atom stereocenters. The van der Waals surface area contributed by atoms with Gasteiger partial charge in [0.1, 0.15) is 18.5 Å². The number of hydrogen-bond donors (Lipinski definition) is 2. The van der Waals surface area contributed by atoms with Gasteiger partial charge < -0.3 is 15.2 Å². The van der Waals surface area contributed by atoms with Gasteiger partial charge in [-0.05, 0) is 42.6 Å². The van der Waals surface area contributed by atoms with Gasteiger partial charge in [0.2, 0.25) is 0 Å². The molecule has 3 heteroatoms. The molecule has 0 aliphatic heterocycles. The second kappa shape index (κ2) is 6.50. The van der Waals surface area contributed by atoms with Crippen LogP contribution in [-0.4, -0.2) is 30.4 Å². The van der Waals surface area contributed by atoms with Gasteiger partial charge in [-0.25, -0.2) is 0 Å². The Labute approximate surface area is 137 Å². The first-order valence-electron chi connectivity index (χ1n) is 8.81. The van der Waals surface area contributed by atoms with Crippen LogP contribution in [0, 0.1) is 11.8 Å². The average Bonchev–Trinajstić information content (AvgIpc) is 3.21. The molecular formula is C20H25NO2. The van der Waals surface area contributed by atoms with Crippen LogP contribution in [0.25, 0.3) is 10.8 Å². The second-order valence-electron chi connectivity index (χ2n) is 7.13. The van der Waals surface area contributed by atoms with E-state index in [1.165, 1.54) is 31.1 Å². The fourth-order valence-electron chi connectivity index (χ4n) is 4.35. The van der Waals surface area contributed by atoms with Crippen molar-refractivity contribution in [2.24, 2.45) is 11.8 Å². The van der Waals surface area contributed by atoms with E-state index in [1.54, 1.807) is 0 Å². The van der Waals surface area contributed by atoms with Crippen LogP contribution in [0.2, 0.25) is 0 Å². The van der Waals surface area contributed by atoms with Crippen LogP contribution < -0.4 is 10.1 Å². The molecule has 2 saturated carbocycles. The van der Waals surface area contributed by atoms with Gasteiger partial charge in [0, 0.05) is 18.0 Å². The molecule has 3 nitrogen and oxygen atoms in total. The van der Waals surface area contributed by atoms with Crippen molar-refractivity contribution in [1.82, 2.24) is 5.32 Å². The molecule has 2 aromatic carbocycles. The molecule has 2 aliphatic rings. The number of nitrogens with one attached hydrogen (secondary N) is 1. The highest BCUT2D eigenvalue weighted by Crippen LogP contribution is 2.44. The number of benzene rings is 2. The molecule has 122 valence electrons. The van der Waals surface area contributed by atoms with Gasteiger partial charge >= 0.3 is 0 Å². The van der Waals surface area contributed by atoms with Crippen molar-refractivity contribution in [3.63, 3.8) is 0 Å². The van der Waals surface area contributed by atoms with E-state index < -0.39 is 6.10 Å². The Hall–Kier alpha value is -1.58. The van der Waals surface area contributed by atoms with Crippen molar-refractivity contribution in [2.45, 2.75) is 37.8 Å². The molecule has 2 fully saturated rings. The molecule has 0 heterocycles. The molecule has 0 radical (unpaired) electrons. The van der Waals surface area contributed by atoms with Crippen LogP contribution in [0.3, 0.4) is 0 Å². The molecule has 4 rings (SSSR count). The van der Waals surface area contributed by atoms with Crippen LogP contribution in [0.15, 0.2) is 42.5 Å². The summed E-state index contributed by atoms with van der Waals surface area (Å²) >= 11 is 0. The zero-order valence-electron chi connectivity index (χ0n) is 13.4. The summed E-state index contributed by atoms with van der Waals surface area (Å²) in [4.78, 5) is 0.